The minimum Gasteiger partial charge on any atom is -0.481 e. The Kier molecular flexibility index (Phi) is 5.30. The van der Waals surface area contributed by atoms with Crippen LogP contribution >= 0.6 is 0 Å². The monoisotopic (exact) mass is 454 g/mol. The second-order valence-corrected chi connectivity index (χ2v) is 8.13. The van der Waals surface area contributed by atoms with Crippen LogP contribution in [-0.2, 0) is 0 Å². The molecule has 1 fully saturated rings. The van der Waals surface area contributed by atoms with Gasteiger partial charge in [-0.2, -0.15) is 10.2 Å². The lowest BCUT2D eigenvalue weighted by Gasteiger charge is -2.21. The number of pyridine rings is 1. The van der Waals surface area contributed by atoms with Crippen molar-refractivity contribution in [2.45, 2.75) is 31.8 Å². The Morgan fingerprint density at radius 1 is 1.26 bits per heavy atom. The van der Waals surface area contributed by atoms with Crippen molar-refractivity contribution in [3.8, 4) is 23.1 Å². The summed E-state index contributed by atoms with van der Waals surface area (Å²) < 4.78 is 7.03. The van der Waals surface area contributed by atoms with Gasteiger partial charge in [0.2, 0.25) is 11.8 Å². The smallest absolute Gasteiger partial charge is 0.262 e. The van der Waals surface area contributed by atoms with Crippen LogP contribution in [0.3, 0.4) is 0 Å². The van der Waals surface area contributed by atoms with E-state index >= 15 is 0 Å². The van der Waals surface area contributed by atoms with Gasteiger partial charge in [0.05, 0.1) is 30.3 Å². The first-order valence-electron chi connectivity index (χ1n) is 10.8. The molecule has 3 heterocycles. The van der Waals surface area contributed by atoms with Crippen molar-refractivity contribution >= 4 is 22.7 Å². The summed E-state index contributed by atoms with van der Waals surface area (Å²) in [6.07, 6.45) is 4.83. The molecule has 0 aliphatic heterocycles. The number of nitrogens with two attached hydrogens (primary N) is 1. The largest absolute Gasteiger partial charge is 0.481 e. The van der Waals surface area contributed by atoms with E-state index in [0.717, 1.165) is 24.0 Å². The molecule has 1 atom stereocenters. The molecule has 5 rings (SSSR count). The molecule has 34 heavy (non-hydrogen) atoms. The molecule has 0 radical (unpaired) electrons. The molecule has 0 bridgehead atoms. The van der Waals surface area contributed by atoms with Gasteiger partial charge < -0.3 is 15.8 Å². The summed E-state index contributed by atoms with van der Waals surface area (Å²) in [5.74, 6) is 1.40. The summed E-state index contributed by atoms with van der Waals surface area (Å²) in [7, 11) is 1.56. The van der Waals surface area contributed by atoms with Gasteiger partial charge in [0, 0.05) is 18.3 Å². The van der Waals surface area contributed by atoms with E-state index in [1.807, 2.05) is 31.2 Å². The van der Waals surface area contributed by atoms with E-state index in [-0.39, 0.29) is 23.1 Å². The van der Waals surface area contributed by atoms with Gasteiger partial charge in [-0.05, 0) is 43.0 Å². The minimum absolute atomic E-state index is 0.0529. The van der Waals surface area contributed by atoms with E-state index in [1.54, 1.807) is 23.9 Å². The number of nitrogen functional groups attached to an aromatic ring is 1. The maximum Gasteiger partial charge on any atom is 0.262 e. The van der Waals surface area contributed by atoms with Crippen molar-refractivity contribution in [3.05, 3.63) is 64.5 Å². The molecule has 170 valence electrons. The van der Waals surface area contributed by atoms with Gasteiger partial charge in [0.1, 0.15) is 23.3 Å². The highest BCUT2D eigenvalue weighted by Gasteiger charge is 2.31. The van der Waals surface area contributed by atoms with Crippen molar-refractivity contribution in [1.82, 2.24) is 24.5 Å². The first-order valence-corrected chi connectivity index (χ1v) is 10.8. The molecular weight excluding hydrogens is 432 g/mol. The van der Waals surface area contributed by atoms with Gasteiger partial charge in [0.15, 0.2) is 0 Å². The lowest BCUT2D eigenvalue weighted by molar-refractivity contribution is 0.398. The van der Waals surface area contributed by atoms with Crippen molar-refractivity contribution < 1.29 is 4.74 Å². The van der Waals surface area contributed by atoms with E-state index in [9.17, 15) is 10.1 Å². The highest BCUT2D eigenvalue weighted by Crippen LogP contribution is 2.37. The summed E-state index contributed by atoms with van der Waals surface area (Å²) in [5, 5.41) is 13.2. The highest BCUT2D eigenvalue weighted by atomic mass is 16.5. The standard InChI is InChI=1S/C24H22N8O2/c1-13(29-21-15(11-25)12-28-24(26)31-21)22-30-18-5-3-4-17(14-8-9-27-19(10-14)34-2)20(18)23(33)32(22)16-6-7-16/h3-5,8-10,12-13,16H,6-7H2,1-2H3,(H3,26,28,29,31)/t13-/m0/s1. The molecule has 3 aromatic heterocycles. The Balaban J connectivity index is 1.66. The lowest BCUT2D eigenvalue weighted by atomic mass is 10.0. The zero-order valence-corrected chi connectivity index (χ0v) is 18.7. The average molecular weight is 454 g/mol. The number of hydrogen-bond donors (Lipinski definition) is 2. The Hall–Kier alpha value is -4.52. The minimum atomic E-state index is -0.413. The lowest BCUT2D eigenvalue weighted by Crippen LogP contribution is -2.28. The maximum absolute atomic E-state index is 13.9. The maximum atomic E-state index is 13.9. The summed E-state index contributed by atoms with van der Waals surface area (Å²) >= 11 is 0. The summed E-state index contributed by atoms with van der Waals surface area (Å²) in [6.45, 7) is 1.88. The van der Waals surface area contributed by atoms with Crippen LogP contribution in [0, 0.1) is 11.3 Å². The average Bonchev–Trinajstić information content (AvgIpc) is 3.69. The molecule has 10 heteroatoms. The van der Waals surface area contributed by atoms with Crippen LogP contribution in [0.1, 0.15) is 43.2 Å². The van der Waals surface area contributed by atoms with Crippen LogP contribution in [0.25, 0.3) is 22.0 Å². The van der Waals surface area contributed by atoms with Gasteiger partial charge in [-0.1, -0.05) is 12.1 Å². The first kappa shape index (κ1) is 21.3. The molecule has 0 unspecified atom stereocenters. The second kappa shape index (κ2) is 8.44. The highest BCUT2D eigenvalue weighted by molar-refractivity contribution is 5.94. The molecule has 10 nitrogen and oxygen atoms in total. The van der Waals surface area contributed by atoms with E-state index in [2.05, 4.69) is 26.3 Å². The Bertz CT molecular complexity index is 1500. The number of nitrogens with zero attached hydrogens (tertiary/aromatic N) is 6. The van der Waals surface area contributed by atoms with Crippen LogP contribution in [0.4, 0.5) is 11.8 Å². The topological polar surface area (TPSA) is 145 Å². The van der Waals surface area contributed by atoms with Crippen LogP contribution in [0.2, 0.25) is 0 Å². The predicted octanol–water partition coefficient (Wildman–Crippen LogP) is 3.22. The van der Waals surface area contributed by atoms with Crippen molar-refractivity contribution in [2.75, 3.05) is 18.2 Å². The number of nitriles is 1. The fourth-order valence-corrected chi connectivity index (χ4v) is 4.04. The third-order valence-electron chi connectivity index (χ3n) is 5.79. The second-order valence-electron chi connectivity index (χ2n) is 8.13. The number of methoxy groups -OCH3 is 1. The van der Waals surface area contributed by atoms with Crippen LogP contribution in [-0.4, -0.2) is 31.6 Å². The molecule has 1 saturated carbocycles. The number of ether oxygens (including phenoxy) is 1. The molecule has 0 saturated heterocycles. The SMILES string of the molecule is COc1cc(-c2cccc3nc([C@H](C)Nc4nc(N)ncc4C#N)n(C4CC4)c(=O)c23)ccn1. The van der Waals surface area contributed by atoms with E-state index < -0.39 is 6.04 Å². The summed E-state index contributed by atoms with van der Waals surface area (Å²) in [5.41, 5.74) is 8.06. The molecule has 1 aromatic carbocycles. The van der Waals surface area contributed by atoms with Crippen molar-refractivity contribution in [3.63, 3.8) is 0 Å². The number of hydrogen-bond acceptors (Lipinski definition) is 9. The molecule has 4 aromatic rings. The van der Waals surface area contributed by atoms with Crippen LogP contribution in [0.15, 0.2) is 47.5 Å². The van der Waals surface area contributed by atoms with E-state index in [0.29, 0.717) is 28.4 Å². The van der Waals surface area contributed by atoms with E-state index in [4.69, 9.17) is 15.5 Å². The Morgan fingerprint density at radius 3 is 2.82 bits per heavy atom. The predicted molar refractivity (Wildman–Crippen MR) is 127 cm³/mol. The van der Waals surface area contributed by atoms with Gasteiger partial charge >= 0.3 is 0 Å². The van der Waals surface area contributed by atoms with Crippen LogP contribution < -0.4 is 21.3 Å². The van der Waals surface area contributed by atoms with Gasteiger partial charge in [-0.25, -0.2) is 15.0 Å². The summed E-state index contributed by atoms with van der Waals surface area (Å²) in [4.78, 5) is 31.0. The Morgan fingerprint density at radius 2 is 2.09 bits per heavy atom. The fourth-order valence-electron chi connectivity index (χ4n) is 4.04. The molecule has 0 amide bonds. The third-order valence-corrected chi connectivity index (χ3v) is 5.79. The number of benzene rings is 1. The van der Waals surface area contributed by atoms with Crippen molar-refractivity contribution in [1.29, 1.82) is 5.26 Å². The van der Waals surface area contributed by atoms with E-state index in [1.165, 1.54) is 6.20 Å². The van der Waals surface area contributed by atoms with Gasteiger partial charge in [-0.3, -0.25) is 9.36 Å². The fraction of sp³-hybridized carbons (Fsp3) is 0.250. The number of nitrogens with one attached hydrogen (secondary N) is 1. The number of rotatable bonds is 6. The zero-order valence-electron chi connectivity index (χ0n) is 18.7. The zero-order chi connectivity index (χ0) is 23.8. The normalized spacial score (nSPS) is 13.9. The number of anilines is 2. The van der Waals surface area contributed by atoms with Gasteiger partial charge in [0.25, 0.3) is 5.56 Å². The van der Waals surface area contributed by atoms with Crippen molar-refractivity contribution in [2.24, 2.45) is 0 Å². The molecule has 0 spiro atoms. The molecular formula is C24H22N8O2. The third kappa shape index (κ3) is 3.77. The quantitative estimate of drug-likeness (QED) is 0.448. The summed E-state index contributed by atoms with van der Waals surface area (Å²) in [6, 6.07) is 11.0. The Labute approximate surface area is 195 Å². The molecule has 3 N–H and O–H groups in total. The van der Waals surface area contributed by atoms with Gasteiger partial charge in [-0.15, -0.1) is 0 Å². The molecule has 1 aliphatic carbocycles. The first-order chi connectivity index (χ1) is 16.5. The van der Waals surface area contributed by atoms with Crippen LogP contribution in [0.5, 0.6) is 5.88 Å². The number of fused-ring (bicyclic) bond motifs is 1. The molecule has 1 aliphatic rings. The number of aromatic nitrogens is 5.